The second-order valence-electron chi connectivity index (χ2n) is 7.20. The number of ether oxygens (including phenoxy) is 1. The summed E-state index contributed by atoms with van der Waals surface area (Å²) in [4.78, 5) is 15.0. The molecule has 2 fully saturated rings. The average molecular weight is 332 g/mol. The van der Waals surface area contributed by atoms with Gasteiger partial charge in [0.2, 0.25) is 0 Å². The highest BCUT2D eigenvalue weighted by Gasteiger charge is 2.37. The van der Waals surface area contributed by atoms with E-state index in [1.807, 2.05) is 26.0 Å². The third-order valence-corrected chi connectivity index (χ3v) is 5.21. The summed E-state index contributed by atoms with van der Waals surface area (Å²) in [5.74, 6) is 0.0572. The number of rotatable bonds is 4. The van der Waals surface area contributed by atoms with E-state index < -0.39 is 0 Å². The van der Waals surface area contributed by atoms with Crippen LogP contribution in [0, 0.1) is 19.8 Å². The van der Waals surface area contributed by atoms with Gasteiger partial charge in [-0.25, -0.2) is 0 Å². The van der Waals surface area contributed by atoms with E-state index in [1.54, 1.807) is 0 Å². The molecule has 0 saturated carbocycles. The Hall–Kier alpha value is -1.43. The first-order valence-electron chi connectivity index (χ1n) is 8.88. The zero-order valence-electron chi connectivity index (χ0n) is 14.6. The van der Waals surface area contributed by atoms with Crippen molar-refractivity contribution in [3.63, 3.8) is 0 Å². The summed E-state index contributed by atoms with van der Waals surface area (Å²) >= 11 is 0. The molecule has 2 heterocycles. The van der Waals surface area contributed by atoms with Crippen LogP contribution in [0.5, 0.6) is 0 Å². The van der Waals surface area contributed by atoms with Crippen molar-refractivity contribution in [2.45, 2.75) is 38.8 Å². The van der Waals surface area contributed by atoms with E-state index in [1.165, 1.54) is 0 Å². The molecule has 2 saturated heterocycles. The molecule has 24 heavy (non-hydrogen) atoms. The fourth-order valence-corrected chi connectivity index (χ4v) is 3.96. The van der Waals surface area contributed by atoms with E-state index in [0.29, 0.717) is 11.6 Å². The largest absolute Gasteiger partial charge is 0.396 e. The second kappa shape index (κ2) is 7.64. The molecular weight excluding hydrogens is 304 g/mol. The Labute approximate surface area is 144 Å². The van der Waals surface area contributed by atoms with Crippen molar-refractivity contribution in [2.24, 2.45) is 5.92 Å². The quantitative estimate of drug-likeness (QED) is 0.877. The van der Waals surface area contributed by atoms with E-state index in [0.717, 1.165) is 50.3 Å². The van der Waals surface area contributed by atoms with Crippen LogP contribution in [-0.4, -0.2) is 60.9 Å². The topological polar surface area (TPSA) is 61.8 Å². The summed E-state index contributed by atoms with van der Waals surface area (Å²) in [7, 11) is 0. The van der Waals surface area contributed by atoms with Crippen molar-refractivity contribution >= 4 is 5.91 Å². The number of hydrogen-bond donors (Lipinski definition) is 2. The highest BCUT2D eigenvalue weighted by atomic mass is 16.5. The third-order valence-electron chi connectivity index (χ3n) is 5.21. The molecule has 5 heteroatoms. The van der Waals surface area contributed by atoms with Crippen LogP contribution in [0.4, 0.5) is 0 Å². The third kappa shape index (κ3) is 3.97. The summed E-state index contributed by atoms with van der Waals surface area (Å²) in [5.41, 5.74) is 2.89. The van der Waals surface area contributed by atoms with Crippen LogP contribution in [-0.2, 0) is 4.74 Å². The Morgan fingerprint density at radius 3 is 2.50 bits per heavy atom. The fourth-order valence-electron chi connectivity index (χ4n) is 3.96. The number of carbonyl (C=O) groups is 1. The smallest absolute Gasteiger partial charge is 0.251 e. The molecule has 0 unspecified atom stereocenters. The van der Waals surface area contributed by atoms with Crippen LogP contribution >= 0.6 is 0 Å². The van der Waals surface area contributed by atoms with E-state index in [9.17, 15) is 9.90 Å². The normalized spacial score (nSPS) is 25.8. The van der Waals surface area contributed by atoms with Crippen LogP contribution in [0.25, 0.3) is 0 Å². The molecule has 0 radical (unpaired) electrons. The van der Waals surface area contributed by atoms with Gasteiger partial charge in [0.1, 0.15) is 0 Å². The Morgan fingerprint density at radius 2 is 1.88 bits per heavy atom. The number of likely N-dealkylation sites (tertiary alicyclic amines) is 1. The number of nitrogens with one attached hydrogen (secondary N) is 1. The molecule has 3 rings (SSSR count). The van der Waals surface area contributed by atoms with Gasteiger partial charge in [-0.2, -0.15) is 0 Å². The van der Waals surface area contributed by atoms with Gasteiger partial charge in [0, 0.05) is 56.5 Å². The molecule has 2 N–H and O–H groups in total. The van der Waals surface area contributed by atoms with Gasteiger partial charge in [0.25, 0.3) is 5.91 Å². The highest BCUT2D eigenvalue weighted by molar-refractivity contribution is 5.94. The van der Waals surface area contributed by atoms with Gasteiger partial charge < -0.3 is 15.2 Å². The zero-order chi connectivity index (χ0) is 17.1. The lowest BCUT2D eigenvalue weighted by molar-refractivity contribution is 0.0399. The van der Waals surface area contributed by atoms with Crippen LogP contribution in [0.3, 0.4) is 0 Å². The first-order valence-corrected chi connectivity index (χ1v) is 8.88. The van der Waals surface area contributed by atoms with Gasteiger partial charge in [-0.15, -0.1) is 0 Å². The molecule has 0 bridgehead atoms. The SMILES string of the molecule is Cc1cc(C)cc(C(=O)N[C@@H]2CN(C3CCOCC3)C[C@H]2CO)c1. The van der Waals surface area contributed by atoms with Gasteiger partial charge >= 0.3 is 0 Å². The number of amides is 1. The molecule has 1 amide bonds. The molecule has 1 aromatic rings. The Kier molecular flexibility index (Phi) is 5.54. The molecule has 0 aliphatic carbocycles. The van der Waals surface area contributed by atoms with Crippen molar-refractivity contribution in [1.29, 1.82) is 0 Å². The van der Waals surface area contributed by atoms with Gasteiger partial charge in [0.15, 0.2) is 0 Å². The number of carbonyl (C=O) groups excluding carboxylic acids is 1. The van der Waals surface area contributed by atoms with Crippen molar-refractivity contribution in [1.82, 2.24) is 10.2 Å². The van der Waals surface area contributed by atoms with Crippen molar-refractivity contribution in [3.05, 3.63) is 34.9 Å². The van der Waals surface area contributed by atoms with Gasteiger partial charge in [-0.1, -0.05) is 17.2 Å². The van der Waals surface area contributed by atoms with Gasteiger partial charge in [-0.05, 0) is 38.8 Å². The molecule has 1 aromatic carbocycles. The summed E-state index contributed by atoms with van der Waals surface area (Å²) in [5, 5.41) is 12.9. The highest BCUT2D eigenvalue weighted by Crippen LogP contribution is 2.24. The average Bonchev–Trinajstić information content (AvgIpc) is 2.97. The van der Waals surface area contributed by atoms with E-state index in [4.69, 9.17) is 4.74 Å². The van der Waals surface area contributed by atoms with Crippen LogP contribution in [0.2, 0.25) is 0 Å². The number of aryl methyl sites for hydroxylation is 2. The number of benzene rings is 1. The summed E-state index contributed by atoms with van der Waals surface area (Å²) in [6.45, 7) is 7.39. The maximum atomic E-state index is 12.6. The molecule has 5 nitrogen and oxygen atoms in total. The second-order valence-corrected chi connectivity index (χ2v) is 7.20. The molecule has 2 aliphatic rings. The first kappa shape index (κ1) is 17.4. The van der Waals surface area contributed by atoms with Crippen molar-refractivity contribution < 1.29 is 14.6 Å². The van der Waals surface area contributed by atoms with Crippen LogP contribution < -0.4 is 5.32 Å². The van der Waals surface area contributed by atoms with Gasteiger partial charge in [0.05, 0.1) is 0 Å². The fraction of sp³-hybridized carbons (Fsp3) is 0.632. The monoisotopic (exact) mass is 332 g/mol. The van der Waals surface area contributed by atoms with E-state index in [2.05, 4.69) is 16.3 Å². The lowest BCUT2D eigenvalue weighted by atomic mass is 10.0. The predicted octanol–water partition coefficient (Wildman–Crippen LogP) is 1.50. The first-order chi connectivity index (χ1) is 11.6. The van der Waals surface area contributed by atoms with Gasteiger partial charge in [-0.3, -0.25) is 9.69 Å². The molecule has 0 spiro atoms. The number of hydrogen-bond acceptors (Lipinski definition) is 4. The molecule has 2 aliphatic heterocycles. The molecule has 0 aromatic heterocycles. The lowest BCUT2D eigenvalue weighted by Crippen LogP contribution is -2.43. The maximum absolute atomic E-state index is 12.6. The van der Waals surface area contributed by atoms with E-state index in [-0.39, 0.29) is 24.5 Å². The summed E-state index contributed by atoms with van der Waals surface area (Å²) < 4.78 is 5.44. The molecular formula is C19H28N2O3. The molecule has 2 atom stereocenters. The Bertz CT molecular complexity index is 564. The van der Waals surface area contributed by atoms with Crippen LogP contribution in [0.1, 0.15) is 34.3 Å². The maximum Gasteiger partial charge on any atom is 0.251 e. The summed E-state index contributed by atoms with van der Waals surface area (Å²) in [6.07, 6.45) is 2.08. The standard InChI is InChI=1S/C19H28N2O3/c1-13-7-14(2)9-15(8-13)19(23)20-18-11-21(10-16(18)12-22)17-3-5-24-6-4-17/h7-9,16-18,22H,3-6,10-12H2,1-2H3,(H,20,23)/t16-,18+/m0/s1. The van der Waals surface area contributed by atoms with Crippen LogP contribution in [0.15, 0.2) is 18.2 Å². The number of aliphatic hydroxyl groups excluding tert-OH is 1. The lowest BCUT2D eigenvalue weighted by Gasteiger charge is -2.31. The molecule has 132 valence electrons. The van der Waals surface area contributed by atoms with Crippen molar-refractivity contribution in [3.8, 4) is 0 Å². The minimum Gasteiger partial charge on any atom is -0.396 e. The Morgan fingerprint density at radius 1 is 1.21 bits per heavy atom. The number of nitrogens with zero attached hydrogens (tertiary/aromatic N) is 1. The Balaban J connectivity index is 1.65. The zero-order valence-corrected chi connectivity index (χ0v) is 14.6. The minimum atomic E-state index is -0.0425. The number of aliphatic hydroxyl groups is 1. The van der Waals surface area contributed by atoms with Crippen molar-refractivity contribution in [2.75, 3.05) is 32.9 Å². The predicted molar refractivity (Wildman–Crippen MR) is 93.2 cm³/mol. The summed E-state index contributed by atoms with van der Waals surface area (Å²) in [6, 6.07) is 6.42. The minimum absolute atomic E-state index is 0.00571. The van der Waals surface area contributed by atoms with E-state index >= 15 is 0 Å².